The van der Waals surface area contributed by atoms with E-state index in [1.807, 2.05) is 0 Å². The lowest BCUT2D eigenvalue weighted by Gasteiger charge is -2.19. The van der Waals surface area contributed by atoms with Crippen LogP contribution in [0.1, 0.15) is 6.92 Å². The Balaban J connectivity index is 2.17. The Kier molecular flexibility index (Phi) is 4.97. The maximum absolute atomic E-state index is 14.2. The molecule has 1 heterocycles. The summed E-state index contributed by atoms with van der Waals surface area (Å²) in [6.07, 6.45) is -0.234. The minimum absolute atomic E-state index is 0.122. The van der Waals surface area contributed by atoms with Gasteiger partial charge in [-0.05, 0) is 18.2 Å². The number of anilines is 2. The lowest BCUT2D eigenvalue weighted by Crippen LogP contribution is -2.33. The summed E-state index contributed by atoms with van der Waals surface area (Å²) in [4.78, 5) is 24.0. The van der Waals surface area contributed by atoms with Crippen molar-refractivity contribution < 1.29 is 27.1 Å². The normalized spacial score (nSPS) is 17.6. The number of carbonyl (C=O) groups is 2. The highest BCUT2D eigenvalue weighted by atomic mass is 32.2. The van der Waals surface area contributed by atoms with Crippen molar-refractivity contribution in [1.29, 1.82) is 0 Å². The van der Waals surface area contributed by atoms with Gasteiger partial charge in [-0.1, -0.05) is 0 Å². The second-order valence-electron chi connectivity index (χ2n) is 5.42. The predicted octanol–water partition coefficient (Wildman–Crippen LogP) is 0.683. The van der Waals surface area contributed by atoms with Crippen LogP contribution in [-0.4, -0.2) is 52.9 Å². The summed E-state index contributed by atoms with van der Waals surface area (Å²) in [5.74, 6) is -1.03. The molecule has 0 saturated carbocycles. The molecule has 10 heteroatoms. The molecule has 1 atom stereocenters. The summed E-state index contributed by atoms with van der Waals surface area (Å²) in [6.45, 7) is 1.66. The molecule has 0 aliphatic carbocycles. The molecule has 0 spiro atoms. The molecular formula is C14H18FN3O5S. The minimum Gasteiger partial charge on any atom is -0.442 e. The molecule has 1 aliphatic rings. The summed E-state index contributed by atoms with van der Waals surface area (Å²) in [5.41, 5.74) is 0.122. The summed E-state index contributed by atoms with van der Waals surface area (Å²) in [5, 5.41) is 2.54. The van der Waals surface area contributed by atoms with Gasteiger partial charge in [-0.25, -0.2) is 17.6 Å². The highest BCUT2D eigenvalue weighted by Gasteiger charge is 2.33. The van der Waals surface area contributed by atoms with Crippen LogP contribution in [0.25, 0.3) is 0 Å². The first-order valence-corrected chi connectivity index (χ1v) is 8.90. The van der Waals surface area contributed by atoms with E-state index in [9.17, 15) is 22.4 Å². The van der Waals surface area contributed by atoms with E-state index in [-0.39, 0.29) is 30.4 Å². The highest BCUT2D eigenvalue weighted by molar-refractivity contribution is 7.92. The van der Waals surface area contributed by atoms with Crippen LogP contribution in [0.15, 0.2) is 18.2 Å². The Morgan fingerprint density at radius 3 is 2.71 bits per heavy atom. The predicted molar refractivity (Wildman–Crippen MR) is 85.9 cm³/mol. The Bertz CT molecular complexity index is 768. The van der Waals surface area contributed by atoms with Crippen molar-refractivity contribution in [2.45, 2.75) is 13.0 Å². The fourth-order valence-electron chi connectivity index (χ4n) is 2.19. The van der Waals surface area contributed by atoms with Gasteiger partial charge in [0.2, 0.25) is 15.9 Å². The quantitative estimate of drug-likeness (QED) is 0.834. The van der Waals surface area contributed by atoms with Gasteiger partial charge in [0, 0.05) is 14.0 Å². The fourth-order valence-corrected chi connectivity index (χ4v) is 2.70. The summed E-state index contributed by atoms with van der Waals surface area (Å²) >= 11 is 0. The van der Waals surface area contributed by atoms with Crippen LogP contribution < -0.4 is 14.5 Å². The Labute approximate surface area is 139 Å². The van der Waals surface area contributed by atoms with Crippen LogP contribution in [0.4, 0.5) is 20.6 Å². The molecule has 2 amide bonds. The van der Waals surface area contributed by atoms with Gasteiger partial charge in [0.05, 0.1) is 30.7 Å². The second kappa shape index (κ2) is 6.63. The number of cyclic esters (lactones) is 1. The Morgan fingerprint density at radius 1 is 1.50 bits per heavy atom. The molecule has 1 aliphatic heterocycles. The van der Waals surface area contributed by atoms with Crippen molar-refractivity contribution in [1.82, 2.24) is 5.32 Å². The maximum atomic E-state index is 14.2. The van der Waals surface area contributed by atoms with Crippen molar-refractivity contribution in [3.63, 3.8) is 0 Å². The number of sulfonamides is 1. The van der Waals surface area contributed by atoms with Crippen molar-refractivity contribution in [2.75, 3.05) is 35.6 Å². The van der Waals surface area contributed by atoms with Crippen LogP contribution in [0.3, 0.4) is 0 Å². The molecule has 1 fully saturated rings. The third-order valence-corrected chi connectivity index (χ3v) is 4.72. The summed E-state index contributed by atoms with van der Waals surface area (Å²) in [7, 11) is -2.36. The first kappa shape index (κ1) is 18.0. The minimum atomic E-state index is -3.60. The molecule has 1 aromatic rings. The molecule has 1 N–H and O–H groups in total. The zero-order valence-electron chi connectivity index (χ0n) is 13.4. The van der Waals surface area contributed by atoms with Crippen LogP contribution in [0.2, 0.25) is 0 Å². The van der Waals surface area contributed by atoms with Crippen LogP contribution in [-0.2, 0) is 19.6 Å². The molecule has 0 bridgehead atoms. The van der Waals surface area contributed by atoms with E-state index >= 15 is 0 Å². The first-order chi connectivity index (χ1) is 11.1. The number of hydrogen-bond acceptors (Lipinski definition) is 5. The van der Waals surface area contributed by atoms with Gasteiger partial charge in [-0.2, -0.15) is 0 Å². The van der Waals surface area contributed by atoms with E-state index in [1.165, 1.54) is 31.0 Å². The van der Waals surface area contributed by atoms with Gasteiger partial charge < -0.3 is 10.1 Å². The van der Waals surface area contributed by atoms with Gasteiger partial charge in [0.25, 0.3) is 0 Å². The number of halogens is 1. The standard InChI is InChI=1S/C14H18FN3O5S/c1-9(19)16-7-11-8-18(14(20)23-11)10-4-5-13(12(15)6-10)17(2)24(3,21)22/h4-6,11H,7-8H2,1-3H3,(H,16,19)/t11-/m0/s1. The molecule has 24 heavy (non-hydrogen) atoms. The average Bonchev–Trinajstić information content (AvgIpc) is 2.84. The number of nitrogens with zero attached hydrogens (tertiary/aromatic N) is 2. The zero-order chi connectivity index (χ0) is 18.1. The van der Waals surface area contributed by atoms with Crippen molar-refractivity contribution in [2.24, 2.45) is 0 Å². The number of rotatable bonds is 5. The van der Waals surface area contributed by atoms with Crippen LogP contribution >= 0.6 is 0 Å². The van der Waals surface area contributed by atoms with E-state index in [0.29, 0.717) is 0 Å². The monoisotopic (exact) mass is 359 g/mol. The van der Waals surface area contributed by atoms with Crippen molar-refractivity contribution in [3.8, 4) is 0 Å². The first-order valence-electron chi connectivity index (χ1n) is 7.05. The number of amides is 2. The molecule has 0 aromatic heterocycles. The topological polar surface area (TPSA) is 96.0 Å². The second-order valence-corrected chi connectivity index (χ2v) is 7.43. The number of ether oxygens (including phenoxy) is 1. The molecular weight excluding hydrogens is 341 g/mol. The van der Waals surface area contributed by atoms with Crippen molar-refractivity contribution >= 4 is 33.4 Å². The van der Waals surface area contributed by atoms with Gasteiger partial charge in [-0.3, -0.25) is 14.0 Å². The lowest BCUT2D eigenvalue weighted by atomic mass is 10.2. The fraction of sp³-hybridized carbons (Fsp3) is 0.429. The van der Waals surface area contributed by atoms with E-state index in [4.69, 9.17) is 4.74 Å². The van der Waals surface area contributed by atoms with Gasteiger partial charge in [0.1, 0.15) is 11.9 Å². The van der Waals surface area contributed by atoms with Crippen LogP contribution in [0.5, 0.6) is 0 Å². The number of carbonyl (C=O) groups excluding carboxylic acids is 2. The zero-order valence-corrected chi connectivity index (χ0v) is 14.3. The highest BCUT2D eigenvalue weighted by Crippen LogP contribution is 2.28. The van der Waals surface area contributed by atoms with Gasteiger partial charge >= 0.3 is 6.09 Å². The van der Waals surface area contributed by atoms with E-state index < -0.39 is 28.0 Å². The van der Waals surface area contributed by atoms with E-state index in [0.717, 1.165) is 16.6 Å². The number of benzene rings is 1. The number of nitrogens with one attached hydrogen (secondary N) is 1. The molecule has 8 nitrogen and oxygen atoms in total. The molecule has 0 unspecified atom stereocenters. The maximum Gasteiger partial charge on any atom is 0.414 e. The molecule has 2 rings (SSSR count). The van der Waals surface area contributed by atoms with Crippen molar-refractivity contribution in [3.05, 3.63) is 24.0 Å². The smallest absolute Gasteiger partial charge is 0.414 e. The number of hydrogen-bond donors (Lipinski definition) is 1. The van der Waals surface area contributed by atoms with Crippen LogP contribution in [0, 0.1) is 5.82 Å². The molecule has 132 valence electrons. The SMILES string of the molecule is CC(=O)NC[C@H]1CN(c2ccc(N(C)S(C)(=O)=O)c(F)c2)C(=O)O1. The summed E-state index contributed by atoms with van der Waals surface area (Å²) < 4.78 is 43.1. The molecule has 0 radical (unpaired) electrons. The largest absolute Gasteiger partial charge is 0.442 e. The summed E-state index contributed by atoms with van der Waals surface area (Å²) in [6, 6.07) is 3.78. The lowest BCUT2D eigenvalue weighted by molar-refractivity contribution is -0.119. The average molecular weight is 359 g/mol. The van der Waals surface area contributed by atoms with Gasteiger partial charge in [-0.15, -0.1) is 0 Å². The Morgan fingerprint density at radius 2 is 2.17 bits per heavy atom. The third-order valence-electron chi connectivity index (χ3n) is 3.53. The van der Waals surface area contributed by atoms with E-state index in [2.05, 4.69) is 5.32 Å². The third kappa shape index (κ3) is 3.94. The molecule has 1 aromatic carbocycles. The van der Waals surface area contributed by atoms with Gasteiger partial charge in [0.15, 0.2) is 0 Å². The van der Waals surface area contributed by atoms with E-state index in [1.54, 1.807) is 0 Å². The Hall–Kier alpha value is -2.36. The molecule has 1 saturated heterocycles.